The van der Waals surface area contributed by atoms with Crippen LogP contribution in [0, 0.1) is 0 Å². The van der Waals surface area contributed by atoms with Gasteiger partial charge in [-0.1, -0.05) is 0 Å². The maximum absolute atomic E-state index is 12.6. The Balaban J connectivity index is 3.04. The highest BCUT2D eigenvalue weighted by molar-refractivity contribution is 6.17. The highest BCUT2D eigenvalue weighted by Crippen LogP contribution is 2.28. The Labute approximate surface area is 108 Å². The fourth-order valence-electron chi connectivity index (χ4n) is 1.37. The first-order valence-electron chi connectivity index (χ1n) is 5.21. The summed E-state index contributed by atoms with van der Waals surface area (Å²) in [6.07, 6.45) is -3.07. The Hall–Kier alpha value is -1.43. The Bertz CT molecular complexity index is 441. The van der Waals surface area contributed by atoms with Crippen molar-refractivity contribution >= 4 is 17.6 Å². The molecule has 1 N–H and O–H groups in total. The molecule has 100 valence electrons. The number of ether oxygens (including phenoxy) is 1. The van der Waals surface area contributed by atoms with Crippen LogP contribution in [-0.2, 0) is 21.8 Å². The lowest BCUT2D eigenvalue weighted by atomic mass is 10.1. The molecule has 0 aromatic carbocycles. The molecule has 0 radical (unpaired) electrons. The molecular formula is C11H12ClF2NO3. The van der Waals surface area contributed by atoms with Gasteiger partial charge in [-0.15, -0.1) is 11.6 Å². The maximum atomic E-state index is 12.6. The quantitative estimate of drug-likeness (QED) is 0.665. The summed E-state index contributed by atoms with van der Waals surface area (Å²) in [4.78, 5) is 15.0. The third kappa shape index (κ3) is 3.53. The Morgan fingerprint density at radius 1 is 1.56 bits per heavy atom. The van der Waals surface area contributed by atoms with Gasteiger partial charge >= 0.3 is 5.97 Å². The Kier molecular flexibility index (Phi) is 5.27. The van der Waals surface area contributed by atoms with Gasteiger partial charge in [0.2, 0.25) is 0 Å². The molecule has 0 saturated carbocycles. The summed E-state index contributed by atoms with van der Waals surface area (Å²) in [6.45, 7) is 1.83. The molecule has 0 amide bonds. The predicted molar refractivity (Wildman–Crippen MR) is 60.8 cm³/mol. The second-order valence-electron chi connectivity index (χ2n) is 3.41. The van der Waals surface area contributed by atoms with Crippen molar-refractivity contribution in [3.63, 3.8) is 0 Å². The average molecular weight is 280 g/mol. The minimum Gasteiger partial charge on any atom is -0.506 e. The number of nitrogens with zero attached hydrogens (tertiary/aromatic N) is 1. The lowest BCUT2D eigenvalue weighted by molar-refractivity contribution is -0.142. The molecular weight excluding hydrogens is 268 g/mol. The van der Waals surface area contributed by atoms with Crippen LogP contribution in [0.1, 0.15) is 30.3 Å². The molecule has 1 aromatic heterocycles. The fraction of sp³-hybridized carbons (Fsp3) is 0.455. The molecule has 18 heavy (non-hydrogen) atoms. The van der Waals surface area contributed by atoms with Crippen LogP contribution in [0.3, 0.4) is 0 Å². The third-order valence-electron chi connectivity index (χ3n) is 2.17. The van der Waals surface area contributed by atoms with Gasteiger partial charge in [-0.05, 0) is 13.0 Å². The number of carbonyl (C=O) groups is 1. The normalized spacial score (nSPS) is 10.7. The van der Waals surface area contributed by atoms with Gasteiger partial charge in [0.25, 0.3) is 6.43 Å². The minimum absolute atomic E-state index is 0.0199. The number of hydrogen-bond acceptors (Lipinski definition) is 4. The first-order valence-corrected chi connectivity index (χ1v) is 5.74. The van der Waals surface area contributed by atoms with Crippen LogP contribution in [0.25, 0.3) is 0 Å². The van der Waals surface area contributed by atoms with Crippen LogP contribution in [0.4, 0.5) is 8.78 Å². The minimum atomic E-state index is -2.78. The fourth-order valence-corrected chi connectivity index (χ4v) is 1.59. The van der Waals surface area contributed by atoms with Crippen LogP contribution in [0.5, 0.6) is 5.75 Å². The van der Waals surface area contributed by atoms with Gasteiger partial charge in [-0.25, -0.2) is 8.78 Å². The maximum Gasteiger partial charge on any atom is 0.312 e. The van der Waals surface area contributed by atoms with Gasteiger partial charge in [0.15, 0.2) is 0 Å². The van der Waals surface area contributed by atoms with Crippen LogP contribution >= 0.6 is 11.6 Å². The molecule has 0 fully saturated rings. The van der Waals surface area contributed by atoms with Crippen molar-refractivity contribution in [2.75, 3.05) is 6.61 Å². The van der Waals surface area contributed by atoms with Crippen LogP contribution in [0.15, 0.2) is 6.07 Å². The third-order valence-corrected chi connectivity index (χ3v) is 2.42. The zero-order chi connectivity index (χ0) is 13.7. The summed E-state index contributed by atoms with van der Waals surface area (Å²) in [7, 11) is 0. The van der Waals surface area contributed by atoms with E-state index in [0.29, 0.717) is 0 Å². The van der Waals surface area contributed by atoms with E-state index in [2.05, 4.69) is 9.72 Å². The zero-order valence-electron chi connectivity index (χ0n) is 9.62. The van der Waals surface area contributed by atoms with Crippen molar-refractivity contribution < 1.29 is 23.4 Å². The van der Waals surface area contributed by atoms with E-state index >= 15 is 0 Å². The molecule has 0 aliphatic heterocycles. The van der Waals surface area contributed by atoms with Gasteiger partial charge < -0.3 is 9.84 Å². The SMILES string of the molecule is CCOC(=O)Cc1nc(CCl)c(C(F)F)cc1O. The van der Waals surface area contributed by atoms with Crippen molar-refractivity contribution in [2.45, 2.75) is 25.7 Å². The van der Waals surface area contributed by atoms with E-state index < -0.39 is 23.7 Å². The van der Waals surface area contributed by atoms with Gasteiger partial charge in [0.05, 0.1) is 30.3 Å². The summed E-state index contributed by atoms with van der Waals surface area (Å²) in [5.74, 6) is -1.28. The molecule has 0 saturated heterocycles. The summed E-state index contributed by atoms with van der Waals surface area (Å²) >= 11 is 5.50. The van der Waals surface area contributed by atoms with Gasteiger partial charge in [-0.3, -0.25) is 9.78 Å². The number of rotatable bonds is 5. The second kappa shape index (κ2) is 6.49. The number of esters is 1. The van der Waals surface area contributed by atoms with E-state index in [-0.39, 0.29) is 30.3 Å². The number of aromatic hydroxyl groups is 1. The highest BCUT2D eigenvalue weighted by Gasteiger charge is 2.19. The number of aromatic nitrogens is 1. The Morgan fingerprint density at radius 3 is 2.72 bits per heavy atom. The molecule has 1 rings (SSSR count). The molecule has 1 heterocycles. The van der Waals surface area contributed by atoms with Crippen LogP contribution in [0.2, 0.25) is 0 Å². The van der Waals surface area contributed by atoms with E-state index in [1.165, 1.54) is 0 Å². The largest absolute Gasteiger partial charge is 0.506 e. The predicted octanol–water partition coefficient (Wildman–Crippen LogP) is 2.57. The molecule has 1 aromatic rings. The molecule has 7 heteroatoms. The van der Waals surface area contributed by atoms with Crippen LogP contribution < -0.4 is 0 Å². The highest BCUT2D eigenvalue weighted by atomic mass is 35.5. The van der Waals surface area contributed by atoms with Crippen molar-refractivity contribution in [2.24, 2.45) is 0 Å². The number of carbonyl (C=O) groups excluding carboxylic acids is 1. The molecule has 0 spiro atoms. The Morgan fingerprint density at radius 2 is 2.22 bits per heavy atom. The van der Waals surface area contributed by atoms with E-state index in [0.717, 1.165) is 6.07 Å². The first-order chi connectivity index (χ1) is 8.49. The van der Waals surface area contributed by atoms with E-state index in [1.807, 2.05) is 0 Å². The number of halogens is 3. The summed E-state index contributed by atoms with van der Waals surface area (Å²) in [6, 6.07) is 0.879. The summed E-state index contributed by atoms with van der Waals surface area (Å²) < 4.78 is 29.9. The molecule has 0 aliphatic rings. The summed E-state index contributed by atoms with van der Waals surface area (Å²) in [5.41, 5.74) is -0.507. The molecule has 4 nitrogen and oxygen atoms in total. The van der Waals surface area contributed by atoms with E-state index in [4.69, 9.17) is 11.6 Å². The van der Waals surface area contributed by atoms with E-state index in [1.54, 1.807) is 6.92 Å². The number of alkyl halides is 3. The van der Waals surface area contributed by atoms with Gasteiger partial charge in [-0.2, -0.15) is 0 Å². The van der Waals surface area contributed by atoms with Crippen molar-refractivity contribution in [3.8, 4) is 5.75 Å². The first kappa shape index (κ1) is 14.6. The van der Waals surface area contributed by atoms with Crippen molar-refractivity contribution in [3.05, 3.63) is 23.0 Å². The summed E-state index contributed by atoms with van der Waals surface area (Å²) in [5, 5.41) is 9.53. The van der Waals surface area contributed by atoms with Crippen molar-refractivity contribution in [1.82, 2.24) is 4.98 Å². The monoisotopic (exact) mass is 279 g/mol. The second-order valence-corrected chi connectivity index (χ2v) is 3.67. The van der Waals surface area contributed by atoms with E-state index in [9.17, 15) is 18.7 Å². The lowest BCUT2D eigenvalue weighted by Gasteiger charge is -2.10. The van der Waals surface area contributed by atoms with Crippen LogP contribution in [-0.4, -0.2) is 22.7 Å². The molecule has 0 aliphatic carbocycles. The molecule has 0 atom stereocenters. The zero-order valence-corrected chi connectivity index (χ0v) is 10.4. The van der Waals surface area contributed by atoms with Gasteiger partial charge in [0.1, 0.15) is 5.75 Å². The van der Waals surface area contributed by atoms with Gasteiger partial charge in [0, 0.05) is 5.56 Å². The molecule has 0 unspecified atom stereocenters. The van der Waals surface area contributed by atoms with Crippen molar-refractivity contribution in [1.29, 1.82) is 0 Å². The lowest BCUT2D eigenvalue weighted by Crippen LogP contribution is -2.10. The average Bonchev–Trinajstić information content (AvgIpc) is 2.31. The smallest absolute Gasteiger partial charge is 0.312 e. The standard InChI is InChI=1S/C11H12ClF2NO3/c1-2-18-10(17)4-7-9(16)3-6(11(13)14)8(5-12)15-7/h3,11,16H,2,4-5H2,1H3. The number of hydrogen-bond donors (Lipinski definition) is 1. The molecule has 0 bridgehead atoms. The topological polar surface area (TPSA) is 59.4 Å². The number of pyridine rings is 1.